The lowest BCUT2D eigenvalue weighted by Gasteiger charge is -2.29. The van der Waals surface area contributed by atoms with E-state index in [4.69, 9.17) is 0 Å². The van der Waals surface area contributed by atoms with Crippen LogP contribution in [0, 0.1) is 17.2 Å². The maximum atomic E-state index is 13.1. The minimum Gasteiger partial charge on any atom is -0.396 e. The van der Waals surface area contributed by atoms with Crippen LogP contribution in [0.5, 0.6) is 0 Å². The summed E-state index contributed by atoms with van der Waals surface area (Å²) in [4.78, 5) is 34.4. The highest BCUT2D eigenvalue weighted by Gasteiger charge is 2.28. The van der Waals surface area contributed by atoms with Crippen molar-refractivity contribution in [2.75, 3.05) is 28.7 Å². The lowest BCUT2D eigenvalue weighted by Crippen LogP contribution is -2.40. The van der Waals surface area contributed by atoms with Gasteiger partial charge >= 0.3 is 6.03 Å². The summed E-state index contributed by atoms with van der Waals surface area (Å²) in [6, 6.07) is 5.04. The zero-order valence-corrected chi connectivity index (χ0v) is 18.1. The molecule has 33 heavy (non-hydrogen) atoms. The molecule has 0 saturated heterocycles. The van der Waals surface area contributed by atoms with Gasteiger partial charge in [0, 0.05) is 42.9 Å². The van der Waals surface area contributed by atoms with Gasteiger partial charge in [0.1, 0.15) is 23.4 Å². The summed E-state index contributed by atoms with van der Waals surface area (Å²) in [7, 11) is 0. The summed E-state index contributed by atoms with van der Waals surface area (Å²) in [5.41, 5.74) is 2.24. The minimum atomic E-state index is -0.450. The Labute approximate surface area is 191 Å². The summed E-state index contributed by atoms with van der Waals surface area (Å²) in [5, 5.41) is 34.6. The molecule has 4 N–H and O–H groups in total. The predicted octanol–water partition coefficient (Wildman–Crippen LogP) is 2.21. The van der Waals surface area contributed by atoms with Gasteiger partial charge in [0.25, 0.3) is 0 Å². The molecule has 0 bridgehead atoms. The van der Waals surface area contributed by atoms with Crippen molar-refractivity contribution in [3.63, 3.8) is 0 Å². The molecule has 10 nitrogen and oxygen atoms in total. The second-order valence-corrected chi connectivity index (χ2v) is 8.33. The fraction of sp³-hybridized carbons (Fsp3) is 0.435. The van der Waals surface area contributed by atoms with Gasteiger partial charge in [-0.2, -0.15) is 5.26 Å². The van der Waals surface area contributed by atoms with Crippen molar-refractivity contribution in [1.82, 2.24) is 9.97 Å². The van der Waals surface area contributed by atoms with E-state index in [1.165, 1.54) is 11.1 Å². The highest BCUT2D eigenvalue weighted by molar-refractivity contribution is 6.01. The van der Waals surface area contributed by atoms with E-state index in [0.29, 0.717) is 48.3 Å². The molecule has 4 rings (SSSR count). The molecule has 0 aromatic carbocycles. The van der Waals surface area contributed by atoms with E-state index in [1.807, 2.05) is 0 Å². The Morgan fingerprint density at radius 2 is 2.15 bits per heavy atom. The molecular formula is C23H26N6O4. The van der Waals surface area contributed by atoms with Gasteiger partial charge in [-0.3, -0.25) is 15.0 Å². The molecule has 2 atom stereocenters. The van der Waals surface area contributed by atoms with Crippen LogP contribution in [0.2, 0.25) is 0 Å². The fourth-order valence-electron chi connectivity index (χ4n) is 4.54. The molecule has 2 amide bonds. The third-order valence-electron chi connectivity index (χ3n) is 6.30. The second-order valence-electron chi connectivity index (χ2n) is 8.33. The van der Waals surface area contributed by atoms with Crippen LogP contribution in [0.4, 0.5) is 22.1 Å². The molecule has 1 fully saturated rings. The number of nitrogens with one attached hydrogen (secondary N) is 2. The van der Waals surface area contributed by atoms with E-state index < -0.39 is 6.03 Å². The molecule has 172 valence electrons. The summed E-state index contributed by atoms with van der Waals surface area (Å²) >= 11 is 0. The Bertz CT molecular complexity index is 1100. The van der Waals surface area contributed by atoms with E-state index in [1.54, 1.807) is 12.1 Å². The number of carbonyl (C=O) groups excluding carboxylic acids is 2. The monoisotopic (exact) mass is 450 g/mol. The van der Waals surface area contributed by atoms with E-state index >= 15 is 0 Å². The smallest absolute Gasteiger partial charge is 0.328 e. The number of pyridine rings is 2. The van der Waals surface area contributed by atoms with Crippen molar-refractivity contribution >= 4 is 29.6 Å². The molecule has 2 aliphatic rings. The van der Waals surface area contributed by atoms with Crippen LogP contribution < -0.4 is 15.5 Å². The van der Waals surface area contributed by atoms with Crippen molar-refractivity contribution in [3.8, 4) is 6.07 Å². The number of hydrogen-bond donors (Lipinski definition) is 4. The largest absolute Gasteiger partial charge is 0.396 e. The van der Waals surface area contributed by atoms with Crippen LogP contribution in [0.25, 0.3) is 0 Å². The van der Waals surface area contributed by atoms with Crippen LogP contribution in [0.3, 0.4) is 0 Å². The first-order chi connectivity index (χ1) is 16.1. The molecule has 2 unspecified atom stereocenters. The SMILES string of the molecule is N#Cc1cnc(NC(=O)N2CCCc3cc(CO)c(C=O)nc32)cc1NC1CCCC1CO. The Morgan fingerprint density at radius 1 is 1.30 bits per heavy atom. The number of aldehydes is 1. The number of fused-ring (bicyclic) bond motifs is 1. The van der Waals surface area contributed by atoms with Crippen molar-refractivity contribution in [2.24, 2.45) is 5.92 Å². The van der Waals surface area contributed by atoms with Crippen LogP contribution >= 0.6 is 0 Å². The molecule has 0 radical (unpaired) electrons. The van der Waals surface area contributed by atoms with E-state index in [-0.39, 0.29) is 36.7 Å². The lowest BCUT2D eigenvalue weighted by molar-refractivity contribution is 0.111. The number of aliphatic hydroxyl groups excluding tert-OH is 2. The van der Waals surface area contributed by atoms with E-state index in [2.05, 4.69) is 26.7 Å². The number of aliphatic hydroxyl groups is 2. The quantitative estimate of drug-likeness (QED) is 0.489. The number of hydrogen-bond acceptors (Lipinski definition) is 8. The zero-order chi connectivity index (χ0) is 23.4. The number of carbonyl (C=O) groups is 2. The Morgan fingerprint density at radius 3 is 2.88 bits per heavy atom. The molecule has 1 aliphatic heterocycles. The van der Waals surface area contributed by atoms with Crippen LogP contribution in [-0.2, 0) is 13.0 Å². The van der Waals surface area contributed by atoms with Gasteiger partial charge in [-0.1, -0.05) is 6.42 Å². The normalized spacial score (nSPS) is 19.5. The van der Waals surface area contributed by atoms with Gasteiger partial charge in [-0.25, -0.2) is 14.8 Å². The lowest BCUT2D eigenvalue weighted by atomic mass is 10.0. The van der Waals surface area contributed by atoms with E-state index in [9.17, 15) is 25.1 Å². The Hall–Kier alpha value is -3.55. The third-order valence-corrected chi connectivity index (χ3v) is 6.30. The van der Waals surface area contributed by atoms with Crippen molar-refractivity contribution in [2.45, 2.75) is 44.8 Å². The fourth-order valence-corrected chi connectivity index (χ4v) is 4.54. The number of anilines is 3. The third kappa shape index (κ3) is 4.65. The molecular weight excluding hydrogens is 424 g/mol. The molecule has 1 saturated carbocycles. The van der Waals surface area contributed by atoms with Crippen molar-refractivity contribution in [1.29, 1.82) is 5.26 Å². The van der Waals surface area contributed by atoms with Gasteiger partial charge in [0.05, 0.1) is 17.9 Å². The van der Waals surface area contributed by atoms with Crippen molar-refractivity contribution < 1.29 is 19.8 Å². The van der Waals surface area contributed by atoms with Gasteiger partial charge < -0.3 is 15.5 Å². The van der Waals surface area contributed by atoms with Gasteiger partial charge in [0.2, 0.25) is 0 Å². The van der Waals surface area contributed by atoms with Gasteiger partial charge in [-0.05, 0) is 37.3 Å². The molecule has 3 heterocycles. The first-order valence-corrected chi connectivity index (χ1v) is 11.0. The summed E-state index contributed by atoms with van der Waals surface area (Å²) < 4.78 is 0. The molecule has 1 aliphatic carbocycles. The highest BCUT2D eigenvalue weighted by atomic mass is 16.3. The summed E-state index contributed by atoms with van der Waals surface area (Å²) in [5.74, 6) is 0.783. The number of aromatic nitrogens is 2. The van der Waals surface area contributed by atoms with Crippen LogP contribution in [0.1, 0.15) is 52.9 Å². The van der Waals surface area contributed by atoms with Crippen LogP contribution in [-0.4, -0.2) is 51.7 Å². The standard InChI is InChI=1S/C23H26N6O4/c24-9-17-10-25-21(8-19(17)26-18-5-1-3-15(18)11-30)28-23(33)29-6-2-4-14-7-16(12-31)20(13-32)27-22(14)29/h7-8,10,13,15,18,30-31H,1-6,11-12H2,(H2,25,26,28,33). The van der Waals surface area contributed by atoms with Crippen LogP contribution in [0.15, 0.2) is 18.3 Å². The van der Waals surface area contributed by atoms with E-state index in [0.717, 1.165) is 24.8 Å². The number of nitrogens with zero attached hydrogens (tertiary/aromatic N) is 4. The highest BCUT2D eigenvalue weighted by Crippen LogP contribution is 2.31. The summed E-state index contributed by atoms with van der Waals surface area (Å²) in [6.45, 7) is 0.199. The molecule has 2 aromatic rings. The Balaban J connectivity index is 1.56. The first-order valence-electron chi connectivity index (χ1n) is 11.0. The van der Waals surface area contributed by atoms with Gasteiger partial charge in [-0.15, -0.1) is 0 Å². The Kier molecular flexibility index (Phi) is 6.82. The molecule has 2 aromatic heterocycles. The molecule has 0 spiro atoms. The number of rotatable bonds is 6. The number of nitriles is 1. The topological polar surface area (TPSA) is 151 Å². The number of aryl methyl sites for hydroxylation is 1. The maximum absolute atomic E-state index is 13.1. The predicted molar refractivity (Wildman–Crippen MR) is 121 cm³/mol. The maximum Gasteiger partial charge on any atom is 0.328 e. The minimum absolute atomic E-state index is 0.0497. The first kappa shape index (κ1) is 22.6. The summed E-state index contributed by atoms with van der Waals surface area (Å²) in [6.07, 6.45) is 6.19. The van der Waals surface area contributed by atoms with Gasteiger partial charge in [0.15, 0.2) is 6.29 Å². The zero-order valence-electron chi connectivity index (χ0n) is 18.1. The second kappa shape index (κ2) is 9.94. The van der Waals surface area contributed by atoms with Crippen molar-refractivity contribution in [3.05, 3.63) is 40.7 Å². The molecule has 10 heteroatoms. The average molecular weight is 450 g/mol. The number of urea groups is 1. The number of amides is 2. The average Bonchev–Trinajstić information content (AvgIpc) is 3.29.